The van der Waals surface area contributed by atoms with Crippen molar-refractivity contribution < 1.29 is 0 Å². The van der Waals surface area contributed by atoms with Gasteiger partial charge in [0.15, 0.2) is 0 Å². The number of halogens is 2. The molecule has 78 valence electrons. The van der Waals surface area contributed by atoms with E-state index in [1.807, 2.05) is 6.07 Å². The predicted molar refractivity (Wildman–Crippen MR) is 64.2 cm³/mol. The van der Waals surface area contributed by atoms with Crippen molar-refractivity contribution in [3.05, 3.63) is 15.3 Å². The Hall–Kier alpha value is 0.170. The second kappa shape index (κ2) is 3.97. The lowest BCUT2D eigenvalue weighted by Crippen LogP contribution is -2.33. The maximum Gasteiger partial charge on any atom is 0.129 e. The molecule has 0 spiro atoms. The molecule has 1 heterocycles. The Kier molecular flexibility index (Phi) is 3.03. The van der Waals surface area contributed by atoms with Crippen molar-refractivity contribution in [2.75, 3.05) is 0 Å². The van der Waals surface area contributed by atoms with E-state index >= 15 is 0 Å². The van der Waals surface area contributed by atoms with E-state index < -0.39 is 0 Å². The molecule has 0 N–H and O–H groups in total. The molecular weight excluding hydrogens is 308 g/mol. The van der Waals surface area contributed by atoms with E-state index in [1.165, 1.54) is 25.7 Å². The van der Waals surface area contributed by atoms with E-state index in [0.717, 1.165) is 15.8 Å². The van der Waals surface area contributed by atoms with Gasteiger partial charge in [-0.25, -0.2) is 0 Å². The minimum absolute atomic E-state index is 0.522. The molecule has 0 saturated heterocycles. The average Bonchev–Trinajstić information content (AvgIpc) is 2.38. The first kappa shape index (κ1) is 10.7. The van der Waals surface area contributed by atoms with Gasteiger partial charge in [-0.3, -0.25) is 4.68 Å². The summed E-state index contributed by atoms with van der Waals surface area (Å²) < 4.78 is 4.05. The first-order valence-corrected chi connectivity index (χ1v) is 6.63. The minimum atomic E-state index is 0.522. The van der Waals surface area contributed by atoms with Crippen LogP contribution in [0.4, 0.5) is 0 Å². The van der Waals surface area contributed by atoms with Gasteiger partial charge < -0.3 is 0 Å². The molecule has 0 aromatic carbocycles. The monoisotopic (exact) mass is 320 g/mol. The summed E-state index contributed by atoms with van der Waals surface area (Å²) in [6, 6.07) is 2.00. The van der Waals surface area contributed by atoms with Crippen molar-refractivity contribution in [2.24, 2.45) is 5.41 Å². The summed E-state index contributed by atoms with van der Waals surface area (Å²) in [6.07, 6.45) is 5.35. The van der Waals surface area contributed by atoms with Crippen molar-refractivity contribution in [1.29, 1.82) is 0 Å². The first-order chi connectivity index (χ1) is 6.65. The number of aromatic nitrogens is 2. The van der Waals surface area contributed by atoms with Crippen LogP contribution < -0.4 is 0 Å². The summed E-state index contributed by atoms with van der Waals surface area (Å²) in [5.41, 5.74) is 0.522. The van der Waals surface area contributed by atoms with Gasteiger partial charge >= 0.3 is 0 Å². The third-order valence-corrected chi connectivity index (χ3v) is 4.38. The van der Waals surface area contributed by atoms with E-state index in [-0.39, 0.29) is 0 Å². The van der Waals surface area contributed by atoms with Crippen molar-refractivity contribution in [3.8, 4) is 0 Å². The molecular formula is C10H14Br2N2. The van der Waals surface area contributed by atoms with Crippen LogP contribution in [-0.4, -0.2) is 9.78 Å². The maximum absolute atomic E-state index is 4.41. The van der Waals surface area contributed by atoms with E-state index in [4.69, 9.17) is 0 Å². The standard InChI is InChI=1S/C10H14Br2N2/c1-2-10(4-3-5-10)7-14-9(12)6-8(11)13-14/h6H,2-5,7H2,1H3. The Morgan fingerprint density at radius 2 is 2.21 bits per heavy atom. The van der Waals surface area contributed by atoms with Gasteiger partial charge in [0.05, 0.1) is 0 Å². The van der Waals surface area contributed by atoms with Crippen LogP contribution in [0.2, 0.25) is 0 Å². The average molecular weight is 322 g/mol. The Morgan fingerprint density at radius 3 is 2.57 bits per heavy atom. The van der Waals surface area contributed by atoms with Crippen molar-refractivity contribution >= 4 is 31.9 Å². The lowest BCUT2D eigenvalue weighted by Gasteiger charge is -2.41. The molecule has 4 heteroatoms. The third-order valence-electron chi connectivity index (χ3n) is 3.35. The van der Waals surface area contributed by atoms with Crippen LogP contribution in [0.25, 0.3) is 0 Å². The summed E-state index contributed by atoms with van der Waals surface area (Å²) in [5, 5.41) is 4.41. The Morgan fingerprint density at radius 1 is 1.50 bits per heavy atom. The van der Waals surface area contributed by atoms with Gasteiger partial charge in [-0.05, 0) is 56.5 Å². The van der Waals surface area contributed by atoms with Crippen LogP contribution in [-0.2, 0) is 6.54 Å². The predicted octanol–water partition coefficient (Wildman–Crippen LogP) is 3.99. The molecule has 1 aliphatic carbocycles. The van der Waals surface area contributed by atoms with E-state index in [0.29, 0.717) is 5.41 Å². The van der Waals surface area contributed by atoms with E-state index in [9.17, 15) is 0 Å². The fourth-order valence-corrected chi connectivity index (χ4v) is 3.23. The number of nitrogens with zero attached hydrogens (tertiary/aromatic N) is 2. The molecule has 1 aromatic heterocycles. The highest BCUT2D eigenvalue weighted by atomic mass is 79.9. The van der Waals surface area contributed by atoms with Crippen LogP contribution >= 0.6 is 31.9 Å². The molecule has 14 heavy (non-hydrogen) atoms. The van der Waals surface area contributed by atoms with Crippen LogP contribution in [0, 0.1) is 5.41 Å². The first-order valence-electron chi connectivity index (χ1n) is 5.04. The number of hydrogen-bond donors (Lipinski definition) is 0. The van der Waals surface area contributed by atoms with Gasteiger partial charge in [0.1, 0.15) is 9.21 Å². The third kappa shape index (κ3) is 1.91. The molecule has 0 aliphatic heterocycles. The van der Waals surface area contributed by atoms with Gasteiger partial charge in [0.2, 0.25) is 0 Å². The number of hydrogen-bond acceptors (Lipinski definition) is 1. The zero-order chi connectivity index (χ0) is 10.2. The summed E-state index contributed by atoms with van der Waals surface area (Å²) in [7, 11) is 0. The van der Waals surface area contributed by atoms with Crippen LogP contribution in [0.3, 0.4) is 0 Å². The Bertz CT molecular complexity index is 323. The van der Waals surface area contributed by atoms with Crippen LogP contribution in [0.15, 0.2) is 15.3 Å². The molecule has 0 radical (unpaired) electrons. The van der Waals surface area contributed by atoms with Gasteiger partial charge in [-0.2, -0.15) is 5.10 Å². The summed E-state index contributed by atoms with van der Waals surface area (Å²) in [6.45, 7) is 3.33. The lowest BCUT2D eigenvalue weighted by atomic mass is 9.67. The summed E-state index contributed by atoms with van der Waals surface area (Å²) >= 11 is 6.91. The molecule has 0 bridgehead atoms. The SMILES string of the molecule is CCC1(Cn2nc(Br)cc2Br)CCC1. The zero-order valence-corrected chi connectivity index (χ0v) is 11.4. The molecule has 0 atom stereocenters. The number of rotatable bonds is 3. The minimum Gasteiger partial charge on any atom is -0.257 e. The van der Waals surface area contributed by atoms with Gasteiger partial charge in [-0.15, -0.1) is 0 Å². The van der Waals surface area contributed by atoms with Gasteiger partial charge in [0, 0.05) is 12.6 Å². The highest BCUT2D eigenvalue weighted by Gasteiger charge is 2.36. The summed E-state index contributed by atoms with van der Waals surface area (Å²) in [4.78, 5) is 0. The molecule has 2 rings (SSSR count). The van der Waals surface area contributed by atoms with Crippen LogP contribution in [0.5, 0.6) is 0 Å². The zero-order valence-electron chi connectivity index (χ0n) is 8.26. The fourth-order valence-electron chi connectivity index (χ4n) is 2.09. The topological polar surface area (TPSA) is 17.8 Å². The van der Waals surface area contributed by atoms with E-state index in [2.05, 4.69) is 48.6 Å². The molecule has 0 amide bonds. The van der Waals surface area contributed by atoms with Gasteiger partial charge in [0.25, 0.3) is 0 Å². The van der Waals surface area contributed by atoms with E-state index in [1.54, 1.807) is 0 Å². The highest BCUT2D eigenvalue weighted by molar-refractivity contribution is 9.11. The van der Waals surface area contributed by atoms with Crippen molar-refractivity contribution in [3.63, 3.8) is 0 Å². The van der Waals surface area contributed by atoms with Crippen LogP contribution in [0.1, 0.15) is 32.6 Å². The largest absolute Gasteiger partial charge is 0.257 e. The Balaban J connectivity index is 2.13. The second-order valence-electron chi connectivity index (χ2n) is 4.15. The second-order valence-corrected chi connectivity index (χ2v) is 5.78. The highest BCUT2D eigenvalue weighted by Crippen LogP contribution is 2.45. The van der Waals surface area contributed by atoms with Crippen molar-refractivity contribution in [1.82, 2.24) is 9.78 Å². The van der Waals surface area contributed by atoms with Crippen molar-refractivity contribution in [2.45, 2.75) is 39.2 Å². The molecule has 2 nitrogen and oxygen atoms in total. The molecule has 1 saturated carbocycles. The molecule has 1 aromatic rings. The quantitative estimate of drug-likeness (QED) is 0.823. The normalized spacial score (nSPS) is 19.4. The molecule has 1 fully saturated rings. The van der Waals surface area contributed by atoms with Gasteiger partial charge in [-0.1, -0.05) is 13.3 Å². The smallest absolute Gasteiger partial charge is 0.129 e. The molecule has 1 aliphatic rings. The summed E-state index contributed by atoms with van der Waals surface area (Å²) in [5.74, 6) is 0. The lowest BCUT2D eigenvalue weighted by molar-refractivity contribution is 0.0938. The molecule has 0 unspecified atom stereocenters. The Labute approximate surface area is 101 Å². The maximum atomic E-state index is 4.41. The fraction of sp³-hybridized carbons (Fsp3) is 0.700.